The van der Waals surface area contributed by atoms with Crippen molar-refractivity contribution in [1.82, 2.24) is 9.13 Å². The number of para-hydroxylation sites is 1. The highest BCUT2D eigenvalue weighted by molar-refractivity contribution is 6.63. The Hall–Kier alpha value is -5.80. The number of fused-ring (bicyclic) bond motifs is 6. The maximum Gasteiger partial charge on any atom is 0.142 e. The first kappa shape index (κ1) is 41.2. The molecular weight excluding hydrogens is 745 g/mol. The van der Waals surface area contributed by atoms with E-state index in [4.69, 9.17) is 0 Å². The zero-order valence-corrected chi connectivity index (χ0v) is 39.4. The lowest BCUT2D eigenvalue weighted by Gasteiger charge is -2.22. The van der Waals surface area contributed by atoms with Gasteiger partial charge < -0.3 is 9.13 Å². The predicted octanol–water partition coefficient (Wildman–Crippen LogP) is -9.76. The van der Waals surface area contributed by atoms with E-state index < -0.39 is 0 Å². The van der Waals surface area contributed by atoms with Crippen LogP contribution < -0.4 is 71.0 Å². The zero-order chi connectivity index (χ0) is 44.3. The highest BCUT2D eigenvalue weighted by Gasteiger charge is 2.27. The quantitative estimate of drug-likeness (QED) is 0.154. The Labute approximate surface area is 383 Å². The van der Waals surface area contributed by atoms with Crippen molar-refractivity contribution in [2.45, 2.75) is 0 Å². The SMILES string of the molecule is Bc1ccccc1-c1cc(-c2ccccc2B)c(B)c(-n2c3c(B)cc(B)c(B)c3c3c(B)c(-c4cc(B)c5c(c4B)c4c(B)c(B)cc(B)c4n5-c4ccccc4)cc(B)c32)c1. The van der Waals surface area contributed by atoms with Crippen LogP contribution in [0.25, 0.3) is 88.4 Å². The number of benzene rings is 8. The van der Waals surface area contributed by atoms with Crippen LogP contribution in [0.2, 0.25) is 0 Å². The molecule has 8 aromatic carbocycles. The van der Waals surface area contributed by atoms with E-state index in [2.05, 4.69) is 226 Å². The van der Waals surface area contributed by atoms with Crippen LogP contribution in [0.15, 0.2) is 115 Å². The lowest BCUT2D eigenvalue weighted by Crippen LogP contribution is -2.32. The van der Waals surface area contributed by atoms with Gasteiger partial charge >= 0.3 is 0 Å². The van der Waals surface area contributed by atoms with Crippen LogP contribution in [0, 0.1) is 0 Å². The average Bonchev–Trinajstić information content (AvgIpc) is 3.83. The van der Waals surface area contributed by atoms with Gasteiger partial charge in [-0.25, -0.2) is 0 Å². The van der Waals surface area contributed by atoms with Gasteiger partial charge in [-0.2, -0.15) is 0 Å². The molecule has 0 spiro atoms. The minimum atomic E-state index is 1.20. The normalized spacial score (nSPS) is 11.7. The van der Waals surface area contributed by atoms with Gasteiger partial charge in [0.25, 0.3) is 0 Å². The summed E-state index contributed by atoms with van der Waals surface area (Å²) in [6.07, 6.45) is 0. The molecule has 2 nitrogen and oxygen atoms in total. The first-order valence-corrected chi connectivity index (χ1v) is 22.6. The third-order valence-electron chi connectivity index (χ3n) is 14.7. The van der Waals surface area contributed by atoms with Crippen molar-refractivity contribution in [3.05, 3.63) is 115 Å². The fraction of sp³-hybridized carbons (Fsp3) is 0. The molecule has 0 aliphatic heterocycles. The van der Waals surface area contributed by atoms with Gasteiger partial charge in [0.05, 0.1) is 0 Å². The maximum atomic E-state index is 2.64. The van der Waals surface area contributed by atoms with Crippen LogP contribution in [0.4, 0.5) is 0 Å². The van der Waals surface area contributed by atoms with E-state index in [-0.39, 0.29) is 0 Å². The van der Waals surface area contributed by atoms with Gasteiger partial charge in [0, 0.05) is 44.2 Å². The summed E-state index contributed by atoms with van der Waals surface area (Å²) in [6.45, 7) is 0. The fourth-order valence-electron chi connectivity index (χ4n) is 11.3. The third-order valence-corrected chi connectivity index (χ3v) is 14.7. The first-order chi connectivity index (χ1) is 30.2. The van der Waals surface area contributed by atoms with Crippen LogP contribution in [-0.4, -0.2) is 111 Å². The summed E-state index contributed by atoms with van der Waals surface area (Å²) in [5, 5.41) is 5.45. The first-order valence-electron chi connectivity index (χ1n) is 22.6. The van der Waals surface area contributed by atoms with Crippen LogP contribution >= 0.6 is 0 Å². The second-order valence-electron chi connectivity index (χ2n) is 18.7. The number of hydrogen-bond acceptors (Lipinski definition) is 0. The van der Waals surface area contributed by atoms with E-state index >= 15 is 0 Å². The number of hydrogen-bond donors (Lipinski definition) is 0. The summed E-state index contributed by atoms with van der Waals surface area (Å²) >= 11 is 0. The highest BCUT2D eigenvalue weighted by atomic mass is 15.0. The molecule has 0 N–H and O–H groups in total. The molecule has 286 valence electrons. The molecular formula is C48H45B13N2. The van der Waals surface area contributed by atoms with Crippen LogP contribution in [0.1, 0.15) is 0 Å². The van der Waals surface area contributed by atoms with Gasteiger partial charge in [0.1, 0.15) is 102 Å². The Bertz CT molecular complexity index is 3610. The Morgan fingerprint density at radius 1 is 0.270 bits per heavy atom. The standard InChI is InChI=1S/C48H45B13N2/c49-27-12-6-4-10-22(27)20-14-24(23-11-5-7-13-28(23)50)40(57)35(15-20)63-47-32(54)17-26(42(59)37(47)39-44(61)30(52)19-34(56)48(39)63)25-16-31(53)45-36(41(25)58)38-43(60)29(51)18-33(55)46(38)62(45)21-8-2-1-3-9-21/h1-19H,49-61H2. The average molecular weight is 790 g/mol. The molecule has 0 aliphatic rings. The predicted molar refractivity (Wildman–Crippen MR) is 318 cm³/mol. The molecule has 0 saturated carbocycles. The van der Waals surface area contributed by atoms with E-state index in [1.165, 1.54) is 159 Å². The largest absolute Gasteiger partial charge is 0.311 e. The second-order valence-corrected chi connectivity index (χ2v) is 18.7. The highest BCUT2D eigenvalue weighted by Crippen LogP contribution is 2.35. The van der Waals surface area contributed by atoms with Gasteiger partial charge in [0.2, 0.25) is 0 Å². The summed E-state index contributed by atoms with van der Waals surface area (Å²) < 4.78 is 5.17. The van der Waals surface area contributed by atoms with E-state index in [0.29, 0.717) is 0 Å². The number of rotatable bonds is 5. The minimum Gasteiger partial charge on any atom is -0.311 e. The van der Waals surface area contributed by atoms with E-state index in [0.717, 1.165) is 0 Å². The molecule has 10 aromatic rings. The number of nitrogens with zero attached hydrogens (tertiary/aromatic N) is 2. The van der Waals surface area contributed by atoms with Gasteiger partial charge in [-0.1, -0.05) is 162 Å². The lowest BCUT2D eigenvalue weighted by molar-refractivity contribution is 1.19. The number of aromatic nitrogens is 2. The van der Waals surface area contributed by atoms with Gasteiger partial charge in [-0.05, 0) is 68.4 Å². The summed E-state index contributed by atoms with van der Waals surface area (Å²) in [6, 6.07) is 43.3. The Balaban J connectivity index is 1.34. The molecule has 15 heteroatoms. The molecule has 10 rings (SSSR count). The van der Waals surface area contributed by atoms with Crippen LogP contribution in [-0.2, 0) is 0 Å². The molecule has 63 heavy (non-hydrogen) atoms. The van der Waals surface area contributed by atoms with E-state index in [1.54, 1.807) is 0 Å². The Morgan fingerprint density at radius 3 is 1.16 bits per heavy atom. The van der Waals surface area contributed by atoms with Crippen molar-refractivity contribution in [1.29, 1.82) is 0 Å². The van der Waals surface area contributed by atoms with E-state index in [9.17, 15) is 0 Å². The third kappa shape index (κ3) is 6.12. The zero-order valence-electron chi connectivity index (χ0n) is 39.4. The van der Waals surface area contributed by atoms with Gasteiger partial charge in [0.15, 0.2) is 0 Å². The van der Waals surface area contributed by atoms with Crippen molar-refractivity contribution in [2.24, 2.45) is 0 Å². The lowest BCUT2D eigenvalue weighted by atomic mass is 9.70. The molecule has 0 aliphatic carbocycles. The monoisotopic (exact) mass is 792 g/mol. The van der Waals surface area contributed by atoms with Crippen molar-refractivity contribution in [3.63, 3.8) is 0 Å². The Morgan fingerprint density at radius 2 is 0.667 bits per heavy atom. The van der Waals surface area contributed by atoms with Crippen molar-refractivity contribution < 1.29 is 0 Å². The van der Waals surface area contributed by atoms with E-state index in [1.807, 2.05) is 0 Å². The van der Waals surface area contributed by atoms with Crippen molar-refractivity contribution in [3.8, 4) is 44.8 Å². The molecule has 0 fully saturated rings. The second kappa shape index (κ2) is 15.2. The smallest absolute Gasteiger partial charge is 0.142 e. The molecule has 0 bridgehead atoms. The fourth-order valence-corrected chi connectivity index (χ4v) is 11.3. The Kier molecular flexibility index (Phi) is 9.94. The van der Waals surface area contributed by atoms with Crippen molar-refractivity contribution in [2.75, 3.05) is 0 Å². The van der Waals surface area contributed by atoms with Gasteiger partial charge in [-0.3, -0.25) is 0 Å². The summed E-state index contributed by atoms with van der Waals surface area (Å²) in [5.74, 6) is 0. The minimum absolute atomic E-state index is 1.20. The molecule has 0 unspecified atom stereocenters. The summed E-state index contributed by atoms with van der Waals surface area (Å²) in [5.41, 5.74) is 32.4. The molecule has 0 atom stereocenters. The maximum absolute atomic E-state index is 2.64. The molecule has 0 saturated heterocycles. The molecule has 0 radical (unpaired) electrons. The molecule has 2 heterocycles. The van der Waals surface area contributed by atoms with Crippen LogP contribution in [0.3, 0.4) is 0 Å². The van der Waals surface area contributed by atoms with Crippen LogP contribution in [0.5, 0.6) is 0 Å². The molecule has 0 amide bonds. The van der Waals surface area contributed by atoms with Crippen molar-refractivity contribution >= 4 is 217 Å². The molecule has 2 aromatic heterocycles. The van der Waals surface area contributed by atoms with Gasteiger partial charge in [-0.15, -0.1) is 0 Å². The summed E-state index contributed by atoms with van der Waals surface area (Å²) in [7, 11) is 30.0. The topological polar surface area (TPSA) is 9.86 Å². The summed E-state index contributed by atoms with van der Waals surface area (Å²) in [4.78, 5) is 0.